The number of rotatable bonds is 6. The van der Waals surface area contributed by atoms with Crippen molar-refractivity contribution >= 4 is 5.97 Å². The molecule has 0 spiro atoms. The molecule has 3 nitrogen and oxygen atoms in total. The van der Waals surface area contributed by atoms with Gasteiger partial charge in [-0.1, -0.05) is 38.1 Å². The molecule has 1 N–H and O–H groups in total. The molecule has 0 aromatic heterocycles. The molecule has 0 saturated carbocycles. The van der Waals surface area contributed by atoms with Crippen molar-refractivity contribution in [1.29, 1.82) is 0 Å². The van der Waals surface area contributed by atoms with Gasteiger partial charge in [0.15, 0.2) is 0 Å². The van der Waals surface area contributed by atoms with E-state index < -0.39 is 5.97 Å². The zero-order chi connectivity index (χ0) is 14.4. The summed E-state index contributed by atoms with van der Waals surface area (Å²) in [5.41, 5.74) is 3.92. The van der Waals surface area contributed by atoms with Crippen molar-refractivity contribution in [2.24, 2.45) is 0 Å². The molecule has 0 heterocycles. The molecular weight excluding hydrogens is 238 g/mol. The molecule has 0 aliphatic heterocycles. The molecule has 0 unspecified atom stereocenters. The lowest BCUT2D eigenvalue weighted by Crippen LogP contribution is -2.18. The lowest BCUT2D eigenvalue weighted by atomic mass is 9.97. The van der Waals surface area contributed by atoms with Crippen LogP contribution >= 0.6 is 0 Å². The van der Waals surface area contributed by atoms with Gasteiger partial charge in [0.1, 0.15) is 0 Å². The minimum Gasteiger partial charge on any atom is -0.478 e. The third-order valence-corrected chi connectivity index (χ3v) is 3.16. The maximum Gasteiger partial charge on any atom is 0.328 e. The van der Waals surface area contributed by atoms with E-state index in [2.05, 4.69) is 43.9 Å². The van der Waals surface area contributed by atoms with Crippen LogP contribution in [0.1, 0.15) is 36.5 Å². The van der Waals surface area contributed by atoms with Crippen molar-refractivity contribution in [2.75, 3.05) is 13.6 Å². The van der Waals surface area contributed by atoms with Gasteiger partial charge in [0.05, 0.1) is 0 Å². The molecule has 0 aliphatic carbocycles. The molecule has 0 amide bonds. The second-order valence-corrected chi connectivity index (χ2v) is 5.28. The van der Waals surface area contributed by atoms with Gasteiger partial charge in [-0.15, -0.1) is 0 Å². The van der Waals surface area contributed by atoms with Crippen molar-refractivity contribution < 1.29 is 9.90 Å². The molecule has 0 fully saturated rings. The minimum absolute atomic E-state index is 0.525. The zero-order valence-electron chi connectivity index (χ0n) is 12.2. The number of carbonyl (C=O) groups is 1. The fourth-order valence-electron chi connectivity index (χ4n) is 1.91. The molecule has 0 atom stereocenters. The lowest BCUT2D eigenvalue weighted by molar-refractivity contribution is -0.131. The molecule has 1 aromatic rings. The van der Waals surface area contributed by atoms with E-state index >= 15 is 0 Å². The first kappa shape index (κ1) is 15.4. The van der Waals surface area contributed by atoms with Crippen molar-refractivity contribution in [3.63, 3.8) is 0 Å². The Bertz CT molecular complexity index is 464. The number of hydrogen-bond donors (Lipinski definition) is 1. The quantitative estimate of drug-likeness (QED) is 0.799. The van der Waals surface area contributed by atoms with Crippen LogP contribution in [0.5, 0.6) is 0 Å². The number of hydrogen-bond acceptors (Lipinski definition) is 2. The van der Waals surface area contributed by atoms with E-state index in [1.807, 2.05) is 7.05 Å². The Morgan fingerprint density at radius 3 is 2.68 bits per heavy atom. The number of benzene rings is 1. The smallest absolute Gasteiger partial charge is 0.328 e. The van der Waals surface area contributed by atoms with Gasteiger partial charge in [-0.3, -0.25) is 4.90 Å². The van der Waals surface area contributed by atoms with Gasteiger partial charge in [-0.25, -0.2) is 4.79 Å². The topological polar surface area (TPSA) is 40.5 Å². The van der Waals surface area contributed by atoms with Crippen LogP contribution in [0, 0.1) is 6.92 Å². The Morgan fingerprint density at radius 1 is 1.42 bits per heavy atom. The van der Waals surface area contributed by atoms with Crippen molar-refractivity contribution in [1.82, 2.24) is 4.90 Å². The maximum atomic E-state index is 10.4. The van der Waals surface area contributed by atoms with Gasteiger partial charge >= 0.3 is 5.97 Å². The van der Waals surface area contributed by atoms with E-state index in [0.29, 0.717) is 12.5 Å². The van der Waals surface area contributed by atoms with Crippen molar-refractivity contribution in [3.05, 3.63) is 47.0 Å². The zero-order valence-corrected chi connectivity index (χ0v) is 12.2. The Balaban J connectivity index is 2.70. The predicted octanol–water partition coefficient (Wildman–Crippen LogP) is 3.19. The number of nitrogens with zero attached hydrogens (tertiary/aromatic N) is 1. The molecule has 0 aliphatic rings. The SMILES string of the molecule is Cc1ccc(C(C)C)cc1CN(C)C/C=C/C(=O)O. The number of aliphatic carboxylic acids is 1. The summed E-state index contributed by atoms with van der Waals surface area (Å²) < 4.78 is 0. The normalized spacial score (nSPS) is 11.7. The van der Waals surface area contributed by atoms with Crippen LogP contribution in [-0.2, 0) is 11.3 Å². The monoisotopic (exact) mass is 261 g/mol. The average molecular weight is 261 g/mol. The molecule has 1 rings (SSSR count). The third kappa shape index (κ3) is 5.26. The largest absolute Gasteiger partial charge is 0.478 e. The summed E-state index contributed by atoms with van der Waals surface area (Å²) in [5.74, 6) is -0.372. The van der Waals surface area contributed by atoms with Gasteiger partial charge in [-0.2, -0.15) is 0 Å². The van der Waals surface area contributed by atoms with Crippen LogP contribution in [0.4, 0.5) is 0 Å². The summed E-state index contributed by atoms with van der Waals surface area (Å²) in [6.45, 7) is 7.95. The molecular formula is C16H23NO2. The summed E-state index contributed by atoms with van der Waals surface area (Å²) >= 11 is 0. The fourth-order valence-corrected chi connectivity index (χ4v) is 1.91. The third-order valence-electron chi connectivity index (χ3n) is 3.16. The van der Waals surface area contributed by atoms with E-state index in [0.717, 1.165) is 6.54 Å². The highest BCUT2D eigenvalue weighted by molar-refractivity contribution is 5.79. The molecule has 0 saturated heterocycles. The van der Waals surface area contributed by atoms with E-state index in [-0.39, 0.29) is 0 Å². The van der Waals surface area contributed by atoms with Crippen LogP contribution in [0.15, 0.2) is 30.4 Å². The average Bonchev–Trinajstić information content (AvgIpc) is 2.31. The van der Waals surface area contributed by atoms with E-state index in [1.165, 1.54) is 22.8 Å². The molecule has 1 aromatic carbocycles. The summed E-state index contributed by atoms with van der Waals surface area (Å²) in [6.07, 6.45) is 2.86. The van der Waals surface area contributed by atoms with E-state index in [4.69, 9.17) is 5.11 Å². The molecule has 0 bridgehead atoms. The number of carboxylic acid groups (broad SMARTS) is 1. The summed E-state index contributed by atoms with van der Waals surface area (Å²) in [7, 11) is 1.99. The van der Waals surface area contributed by atoms with Crippen molar-refractivity contribution in [3.8, 4) is 0 Å². The first-order valence-corrected chi connectivity index (χ1v) is 6.57. The molecule has 3 heteroatoms. The highest BCUT2D eigenvalue weighted by Gasteiger charge is 2.06. The van der Waals surface area contributed by atoms with Gasteiger partial charge in [-0.05, 0) is 36.6 Å². The Kier molecular flexibility index (Phi) is 5.77. The predicted molar refractivity (Wildman–Crippen MR) is 78.4 cm³/mol. The first-order valence-electron chi connectivity index (χ1n) is 6.57. The lowest BCUT2D eigenvalue weighted by Gasteiger charge is -2.17. The highest BCUT2D eigenvalue weighted by atomic mass is 16.4. The van der Waals surface area contributed by atoms with Gasteiger partial charge < -0.3 is 5.11 Å². The summed E-state index contributed by atoms with van der Waals surface area (Å²) in [4.78, 5) is 12.5. The highest BCUT2D eigenvalue weighted by Crippen LogP contribution is 2.19. The number of likely N-dealkylation sites (N-methyl/N-ethyl adjacent to an activating group) is 1. The fraction of sp³-hybridized carbons (Fsp3) is 0.438. The first-order chi connectivity index (χ1) is 8.90. The summed E-state index contributed by atoms with van der Waals surface area (Å²) in [5, 5.41) is 8.55. The molecule has 0 radical (unpaired) electrons. The number of aryl methyl sites for hydroxylation is 1. The molecule has 19 heavy (non-hydrogen) atoms. The minimum atomic E-state index is -0.897. The molecule has 104 valence electrons. The van der Waals surface area contributed by atoms with Crippen LogP contribution in [0.2, 0.25) is 0 Å². The Hall–Kier alpha value is -1.61. The van der Waals surface area contributed by atoms with Crippen LogP contribution in [-0.4, -0.2) is 29.6 Å². The second kappa shape index (κ2) is 7.10. The van der Waals surface area contributed by atoms with Gasteiger partial charge in [0.25, 0.3) is 0 Å². The summed E-state index contributed by atoms with van der Waals surface area (Å²) in [6, 6.07) is 6.58. The number of carboxylic acids is 1. The van der Waals surface area contributed by atoms with Crippen LogP contribution in [0.25, 0.3) is 0 Å². The maximum absolute atomic E-state index is 10.4. The van der Waals surface area contributed by atoms with Crippen molar-refractivity contribution in [2.45, 2.75) is 33.2 Å². The van der Waals surface area contributed by atoms with Gasteiger partial charge in [0, 0.05) is 19.2 Å². The van der Waals surface area contributed by atoms with E-state index in [1.54, 1.807) is 6.08 Å². The standard InChI is InChI=1S/C16H23NO2/c1-12(2)14-8-7-13(3)15(10-14)11-17(4)9-5-6-16(18)19/h5-8,10,12H,9,11H2,1-4H3,(H,18,19)/b6-5+. The van der Waals surface area contributed by atoms with Crippen LogP contribution in [0.3, 0.4) is 0 Å². The second-order valence-electron chi connectivity index (χ2n) is 5.28. The van der Waals surface area contributed by atoms with Gasteiger partial charge in [0.2, 0.25) is 0 Å². The Labute approximate surface area is 115 Å². The van der Waals surface area contributed by atoms with E-state index in [9.17, 15) is 4.79 Å². The Morgan fingerprint density at radius 2 is 2.11 bits per heavy atom. The van der Waals surface area contributed by atoms with Crippen LogP contribution < -0.4 is 0 Å².